The Balaban J connectivity index is 1.83. The molecule has 4 heteroatoms. The maximum Gasteiger partial charge on any atom is 0.225 e. The summed E-state index contributed by atoms with van der Waals surface area (Å²) >= 11 is 5.97. The molecule has 1 amide bonds. The van der Waals surface area contributed by atoms with Gasteiger partial charge in [-0.2, -0.15) is 0 Å². The molecular formula is C17H13ClFNO. The monoisotopic (exact) mass is 301 g/mol. The van der Waals surface area contributed by atoms with Crippen LogP contribution in [-0.2, 0) is 11.2 Å². The summed E-state index contributed by atoms with van der Waals surface area (Å²) in [6.07, 6.45) is 0.202. The van der Waals surface area contributed by atoms with E-state index in [4.69, 9.17) is 11.6 Å². The number of rotatable bonds is 3. The predicted octanol–water partition coefficient (Wildman–Crippen LogP) is 3.19. The van der Waals surface area contributed by atoms with E-state index in [-0.39, 0.29) is 24.7 Å². The first-order chi connectivity index (χ1) is 10.1. The minimum atomic E-state index is -0.315. The summed E-state index contributed by atoms with van der Waals surface area (Å²) in [4.78, 5) is 11.7. The summed E-state index contributed by atoms with van der Waals surface area (Å²) in [5.74, 6) is 5.26. The second kappa shape index (κ2) is 7.47. The molecule has 2 nitrogen and oxygen atoms in total. The lowest BCUT2D eigenvalue weighted by Gasteiger charge is -2.01. The highest BCUT2D eigenvalue weighted by Crippen LogP contribution is 2.12. The lowest BCUT2D eigenvalue weighted by molar-refractivity contribution is -0.120. The molecule has 0 radical (unpaired) electrons. The summed E-state index contributed by atoms with van der Waals surface area (Å²) in [7, 11) is 0. The summed E-state index contributed by atoms with van der Waals surface area (Å²) in [6.45, 7) is 0.241. The number of carbonyl (C=O) groups excluding carboxylic acids is 1. The molecule has 0 bridgehead atoms. The van der Waals surface area contributed by atoms with Crippen molar-refractivity contribution < 1.29 is 9.18 Å². The molecule has 0 aliphatic carbocycles. The van der Waals surface area contributed by atoms with Crippen molar-refractivity contribution in [2.24, 2.45) is 0 Å². The normalized spacial score (nSPS) is 9.62. The molecule has 0 heterocycles. The van der Waals surface area contributed by atoms with Gasteiger partial charge in [0.1, 0.15) is 5.82 Å². The highest BCUT2D eigenvalue weighted by molar-refractivity contribution is 6.31. The minimum Gasteiger partial charge on any atom is -0.345 e. The van der Waals surface area contributed by atoms with Crippen molar-refractivity contribution in [1.29, 1.82) is 0 Å². The molecule has 0 spiro atoms. The van der Waals surface area contributed by atoms with E-state index in [0.29, 0.717) is 5.02 Å². The molecule has 1 N–H and O–H groups in total. The van der Waals surface area contributed by atoms with Crippen LogP contribution >= 0.6 is 11.6 Å². The molecule has 0 unspecified atom stereocenters. The highest BCUT2D eigenvalue weighted by atomic mass is 35.5. The predicted molar refractivity (Wildman–Crippen MR) is 81.4 cm³/mol. The molecule has 0 fully saturated rings. The Morgan fingerprint density at radius 3 is 2.57 bits per heavy atom. The number of hydrogen-bond donors (Lipinski definition) is 1. The van der Waals surface area contributed by atoms with Crippen LogP contribution < -0.4 is 5.32 Å². The van der Waals surface area contributed by atoms with Crippen LogP contribution in [0.2, 0.25) is 5.02 Å². The average molecular weight is 302 g/mol. The Hall–Kier alpha value is -2.31. The van der Waals surface area contributed by atoms with Crippen molar-refractivity contribution >= 4 is 17.5 Å². The van der Waals surface area contributed by atoms with Crippen LogP contribution in [0.1, 0.15) is 11.1 Å². The number of hydrogen-bond acceptors (Lipinski definition) is 1. The van der Waals surface area contributed by atoms with Crippen LogP contribution in [0.3, 0.4) is 0 Å². The van der Waals surface area contributed by atoms with Gasteiger partial charge in [-0.3, -0.25) is 4.79 Å². The first-order valence-electron chi connectivity index (χ1n) is 6.40. The Bertz CT molecular complexity index is 686. The third kappa shape index (κ3) is 4.94. The average Bonchev–Trinajstić information content (AvgIpc) is 2.48. The van der Waals surface area contributed by atoms with E-state index >= 15 is 0 Å². The fraction of sp³-hybridized carbons (Fsp3) is 0.118. The lowest BCUT2D eigenvalue weighted by atomic mass is 10.1. The van der Waals surface area contributed by atoms with Crippen molar-refractivity contribution in [2.75, 3.05) is 6.54 Å². The van der Waals surface area contributed by atoms with Gasteiger partial charge in [-0.05, 0) is 29.8 Å². The van der Waals surface area contributed by atoms with Gasteiger partial charge in [-0.1, -0.05) is 47.7 Å². The van der Waals surface area contributed by atoms with Gasteiger partial charge >= 0.3 is 0 Å². The zero-order valence-electron chi connectivity index (χ0n) is 11.2. The van der Waals surface area contributed by atoms with E-state index in [1.165, 1.54) is 12.1 Å². The van der Waals surface area contributed by atoms with E-state index in [1.54, 1.807) is 18.2 Å². The van der Waals surface area contributed by atoms with Crippen molar-refractivity contribution in [3.05, 3.63) is 70.5 Å². The first-order valence-corrected chi connectivity index (χ1v) is 6.77. The Labute approximate surface area is 127 Å². The van der Waals surface area contributed by atoms with Gasteiger partial charge in [-0.15, -0.1) is 0 Å². The third-order valence-corrected chi connectivity index (χ3v) is 3.08. The molecule has 21 heavy (non-hydrogen) atoms. The minimum absolute atomic E-state index is 0.157. The number of amides is 1. The maximum absolute atomic E-state index is 12.7. The molecule has 2 aromatic rings. The molecule has 0 aliphatic rings. The van der Waals surface area contributed by atoms with E-state index in [9.17, 15) is 9.18 Å². The van der Waals surface area contributed by atoms with E-state index in [1.807, 2.05) is 18.2 Å². The van der Waals surface area contributed by atoms with Gasteiger partial charge in [0.25, 0.3) is 0 Å². The Morgan fingerprint density at radius 2 is 1.86 bits per heavy atom. The van der Waals surface area contributed by atoms with Gasteiger partial charge in [0, 0.05) is 5.56 Å². The van der Waals surface area contributed by atoms with Crippen LogP contribution in [0.15, 0.2) is 48.5 Å². The number of benzene rings is 2. The zero-order chi connectivity index (χ0) is 15.1. The van der Waals surface area contributed by atoms with Gasteiger partial charge < -0.3 is 5.32 Å². The SMILES string of the molecule is O=C(Cc1ccc(F)cc1)NCC#Cc1ccccc1Cl. The van der Waals surface area contributed by atoms with Crippen LogP contribution in [0, 0.1) is 17.7 Å². The molecule has 106 valence electrons. The number of carbonyl (C=O) groups is 1. The zero-order valence-corrected chi connectivity index (χ0v) is 12.0. The van der Waals surface area contributed by atoms with Gasteiger partial charge in [-0.25, -0.2) is 4.39 Å². The lowest BCUT2D eigenvalue weighted by Crippen LogP contribution is -2.25. The molecule has 0 saturated carbocycles. The number of halogens is 2. The molecular weight excluding hydrogens is 289 g/mol. The standard InChI is InChI=1S/C17H13ClFNO/c18-16-6-2-1-4-14(16)5-3-11-20-17(21)12-13-7-9-15(19)10-8-13/h1-2,4,6-10H,11-12H2,(H,20,21). The molecule has 2 aromatic carbocycles. The summed E-state index contributed by atoms with van der Waals surface area (Å²) < 4.78 is 12.7. The smallest absolute Gasteiger partial charge is 0.225 e. The fourth-order valence-electron chi connectivity index (χ4n) is 1.69. The van der Waals surface area contributed by atoms with Gasteiger partial charge in [0.05, 0.1) is 18.0 Å². The van der Waals surface area contributed by atoms with E-state index in [2.05, 4.69) is 17.2 Å². The summed E-state index contributed by atoms with van der Waals surface area (Å²) in [5.41, 5.74) is 1.49. The van der Waals surface area contributed by atoms with E-state index in [0.717, 1.165) is 11.1 Å². The third-order valence-electron chi connectivity index (χ3n) is 2.75. The van der Waals surface area contributed by atoms with Crippen molar-refractivity contribution in [3.63, 3.8) is 0 Å². The largest absolute Gasteiger partial charge is 0.345 e. The Morgan fingerprint density at radius 1 is 1.14 bits per heavy atom. The van der Waals surface area contributed by atoms with Crippen LogP contribution in [0.5, 0.6) is 0 Å². The van der Waals surface area contributed by atoms with Crippen molar-refractivity contribution in [3.8, 4) is 11.8 Å². The number of nitrogens with one attached hydrogen (secondary N) is 1. The second-order valence-electron chi connectivity index (χ2n) is 4.36. The summed E-state index contributed by atoms with van der Waals surface area (Å²) in [6, 6.07) is 13.1. The fourth-order valence-corrected chi connectivity index (χ4v) is 1.88. The molecule has 0 atom stereocenters. The van der Waals surface area contributed by atoms with Gasteiger partial charge in [0.15, 0.2) is 0 Å². The van der Waals surface area contributed by atoms with Crippen molar-refractivity contribution in [2.45, 2.75) is 6.42 Å². The van der Waals surface area contributed by atoms with E-state index < -0.39 is 0 Å². The highest BCUT2D eigenvalue weighted by Gasteiger charge is 2.02. The topological polar surface area (TPSA) is 29.1 Å². The molecule has 0 aromatic heterocycles. The molecule has 0 aliphatic heterocycles. The Kier molecular flexibility index (Phi) is 5.36. The van der Waals surface area contributed by atoms with Crippen LogP contribution in [0.25, 0.3) is 0 Å². The van der Waals surface area contributed by atoms with Crippen LogP contribution in [-0.4, -0.2) is 12.5 Å². The first kappa shape index (κ1) is 15.1. The second-order valence-corrected chi connectivity index (χ2v) is 4.77. The van der Waals surface area contributed by atoms with Gasteiger partial charge in [0.2, 0.25) is 5.91 Å². The molecule has 2 rings (SSSR count). The maximum atomic E-state index is 12.7. The quantitative estimate of drug-likeness (QED) is 0.867. The van der Waals surface area contributed by atoms with Crippen LogP contribution in [0.4, 0.5) is 4.39 Å². The van der Waals surface area contributed by atoms with Crippen molar-refractivity contribution in [1.82, 2.24) is 5.32 Å². The molecule has 0 saturated heterocycles. The summed E-state index contributed by atoms with van der Waals surface area (Å²) in [5, 5.41) is 3.27.